The molecule has 3 nitrogen and oxygen atoms in total. The average molecular weight is 171 g/mol. The van der Waals surface area contributed by atoms with Gasteiger partial charge < -0.3 is 10.4 Å². The topological polar surface area (TPSA) is 49.3 Å². The largest absolute Gasteiger partial charge is 0.481 e. The summed E-state index contributed by atoms with van der Waals surface area (Å²) in [6, 6.07) is 0. The zero-order valence-electron chi connectivity index (χ0n) is 7.55. The van der Waals surface area contributed by atoms with Crippen LogP contribution in [0.3, 0.4) is 0 Å². The Balaban J connectivity index is 2.24. The fourth-order valence-corrected chi connectivity index (χ4v) is 1.81. The normalized spacial score (nSPS) is 30.1. The third kappa shape index (κ3) is 2.81. The van der Waals surface area contributed by atoms with Crippen molar-refractivity contribution >= 4 is 5.97 Å². The molecular weight excluding hydrogens is 154 g/mol. The molecule has 3 heteroatoms. The Hall–Kier alpha value is -0.570. The van der Waals surface area contributed by atoms with Crippen molar-refractivity contribution < 1.29 is 9.90 Å². The van der Waals surface area contributed by atoms with E-state index in [-0.39, 0.29) is 0 Å². The number of hydrogen-bond donors (Lipinski definition) is 2. The highest BCUT2D eigenvalue weighted by molar-refractivity contribution is 5.66. The maximum Gasteiger partial charge on any atom is 0.303 e. The van der Waals surface area contributed by atoms with Gasteiger partial charge in [-0.15, -0.1) is 0 Å². The smallest absolute Gasteiger partial charge is 0.303 e. The van der Waals surface area contributed by atoms with Crippen LogP contribution in [0.4, 0.5) is 0 Å². The Bertz CT molecular complexity index is 159. The molecule has 0 bridgehead atoms. The summed E-state index contributed by atoms with van der Waals surface area (Å²) in [6.07, 6.45) is 2.31. The van der Waals surface area contributed by atoms with Gasteiger partial charge in [-0.25, -0.2) is 0 Å². The van der Waals surface area contributed by atoms with Crippen molar-refractivity contribution in [1.82, 2.24) is 5.32 Å². The van der Waals surface area contributed by atoms with Crippen molar-refractivity contribution in [3.05, 3.63) is 0 Å². The van der Waals surface area contributed by atoms with Gasteiger partial charge in [0.15, 0.2) is 0 Å². The molecule has 12 heavy (non-hydrogen) atoms. The Kier molecular flexibility index (Phi) is 3.53. The number of rotatable bonds is 3. The molecule has 70 valence electrons. The van der Waals surface area contributed by atoms with Crippen molar-refractivity contribution in [2.45, 2.75) is 26.2 Å². The highest BCUT2D eigenvalue weighted by atomic mass is 16.4. The van der Waals surface area contributed by atoms with Crippen LogP contribution in [0.5, 0.6) is 0 Å². The van der Waals surface area contributed by atoms with E-state index in [2.05, 4.69) is 12.2 Å². The molecule has 1 saturated heterocycles. The van der Waals surface area contributed by atoms with Gasteiger partial charge in [0.05, 0.1) is 0 Å². The summed E-state index contributed by atoms with van der Waals surface area (Å²) in [5, 5.41) is 11.8. The monoisotopic (exact) mass is 171 g/mol. The van der Waals surface area contributed by atoms with Crippen LogP contribution in [0.15, 0.2) is 0 Å². The minimum Gasteiger partial charge on any atom is -0.481 e. The molecule has 1 fully saturated rings. The van der Waals surface area contributed by atoms with Gasteiger partial charge in [0.2, 0.25) is 0 Å². The second-order valence-corrected chi connectivity index (χ2v) is 3.66. The van der Waals surface area contributed by atoms with Crippen LogP contribution in [0.1, 0.15) is 26.2 Å². The van der Waals surface area contributed by atoms with E-state index in [9.17, 15) is 4.79 Å². The van der Waals surface area contributed by atoms with Gasteiger partial charge >= 0.3 is 5.97 Å². The van der Waals surface area contributed by atoms with E-state index in [1.165, 1.54) is 0 Å². The molecule has 0 aliphatic carbocycles. The summed E-state index contributed by atoms with van der Waals surface area (Å²) in [7, 11) is 0. The molecule has 1 heterocycles. The van der Waals surface area contributed by atoms with Gasteiger partial charge in [-0.05, 0) is 37.8 Å². The minimum absolute atomic E-state index is 0.328. The van der Waals surface area contributed by atoms with Gasteiger partial charge in [-0.2, -0.15) is 0 Å². The zero-order chi connectivity index (χ0) is 8.97. The molecule has 0 radical (unpaired) electrons. The molecule has 1 aliphatic heterocycles. The van der Waals surface area contributed by atoms with Crippen LogP contribution < -0.4 is 5.32 Å². The maximum absolute atomic E-state index is 10.3. The lowest BCUT2D eigenvalue weighted by Gasteiger charge is -2.28. The van der Waals surface area contributed by atoms with Crippen LogP contribution in [-0.4, -0.2) is 24.2 Å². The number of nitrogens with one attached hydrogen (secondary N) is 1. The molecule has 1 rings (SSSR count). The van der Waals surface area contributed by atoms with Crippen molar-refractivity contribution in [2.75, 3.05) is 13.1 Å². The first-order valence-corrected chi connectivity index (χ1v) is 4.62. The van der Waals surface area contributed by atoms with Crippen LogP contribution in [-0.2, 0) is 4.79 Å². The molecule has 0 saturated carbocycles. The second-order valence-electron chi connectivity index (χ2n) is 3.66. The summed E-state index contributed by atoms with van der Waals surface area (Å²) in [5.74, 6) is 0.584. The van der Waals surface area contributed by atoms with Crippen molar-refractivity contribution in [2.24, 2.45) is 11.8 Å². The molecule has 2 N–H and O–H groups in total. The molecule has 0 unspecified atom stereocenters. The van der Waals surface area contributed by atoms with E-state index < -0.39 is 5.97 Å². The molecule has 2 atom stereocenters. The molecule has 0 aromatic heterocycles. The Morgan fingerprint density at radius 3 is 3.00 bits per heavy atom. The molecule has 0 aromatic rings. The van der Waals surface area contributed by atoms with E-state index in [0.717, 1.165) is 25.9 Å². The van der Waals surface area contributed by atoms with Crippen LogP contribution >= 0.6 is 0 Å². The van der Waals surface area contributed by atoms with Crippen LogP contribution in [0.25, 0.3) is 0 Å². The van der Waals surface area contributed by atoms with E-state index in [1.54, 1.807) is 0 Å². The lowest BCUT2D eigenvalue weighted by molar-refractivity contribution is -0.137. The Labute approximate surface area is 73.2 Å². The SMILES string of the molecule is C[C@@H]1CNCC[C@@H]1CCC(=O)O. The first-order valence-electron chi connectivity index (χ1n) is 4.62. The number of piperidine rings is 1. The van der Waals surface area contributed by atoms with E-state index in [1.807, 2.05) is 0 Å². The Morgan fingerprint density at radius 2 is 2.42 bits per heavy atom. The molecular formula is C9H17NO2. The fourth-order valence-electron chi connectivity index (χ4n) is 1.81. The van der Waals surface area contributed by atoms with E-state index in [4.69, 9.17) is 5.11 Å². The first-order chi connectivity index (χ1) is 5.70. The molecule has 0 aromatic carbocycles. The lowest BCUT2D eigenvalue weighted by atomic mass is 9.84. The zero-order valence-corrected chi connectivity index (χ0v) is 7.55. The Morgan fingerprint density at radius 1 is 1.67 bits per heavy atom. The standard InChI is InChI=1S/C9H17NO2/c1-7-6-10-5-4-8(7)2-3-9(11)12/h7-8,10H,2-6H2,1H3,(H,11,12)/t7-,8+/m1/s1. The summed E-state index contributed by atoms with van der Waals surface area (Å²) < 4.78 is 0. The first kappa shape index (κ1) is 9.52. The maximum atomic E-state index is 10.3. The van der Waals surface area contributed by atoms with E-state index in [0.29, 0.717) is 18.3 Å². The number of carbonyl (C=O) groups is 1. The molecule has 1 aliphatic rings. The third-order valence-corrected chi connectivity index (χ3v) is 2.69. The van der Waals surface area contributed by atoms with Crippen molar-refractivity contribution in [1.29, 1.82) is 0 Å². The van der Waals surface area contributed by atoms with Gasteiger partial charge in [0.1, 0.15) is 0 Å². The summed E-state index contributed by atoms with van der Waals surface area (Å²) in [6.45, 7) is 4.29. The van der Waals surface area contributed by atoms with Crippen molar-refractivity contribution in [3.63, 3.8) is 0 Å². The minimum atomic E-state index is -0.666. The molecule has 0 amide bonds. The predicted molar refractivity (Wildman–Crippen MR) is 47.0 cm³/mol. The quantitative estimate of drug-likeness (QED) is 0.668. The lowest BCUT2D eigenvalue weighted by Crippen LogP contribution is -2.35. The average Bonchev–Trinajstić information content (AvgIpc) is 2.03. The number of carboxylic acids is 1. The second kappa shape index (κ2) is 4.45. The summed E-state index contributed by atoms with van der Waals surface area (Å²) >= 11 is 0. The van der Waals surface area contributed by atoms with Gasteiger partial charge in [0.25, 0.3) is 0 Å². The van der Waals surface area contributed by atoms with Gasteiger partial charge in [-0.3, -0.25) is 4.79 Å². The van der Waals surface area contributed by atoms with Crippen LogP contribution in [0, 0.1) is 11.8 Å². The predicted octanol–water partition coefficient (Wildman–Crippen LogP) is 1.10. The van der Waals surface area contributed by atoms with E-state index >= 15 is 0 Å². The fraction of sp³-hybridized carbons (Fsp3) is 0.889. The highest BCUT2D eigenvalue weighted by Crippen LogP contribution is 2.23. The van der Waals surface area contributed by atoms with Crippen LogP contribution in [0.2, 0.25) is 0 Å². The number of hydrogen-bond acceptors (Lipinski definition) is 2. The number of carboxylic acid groups (broad SMARTS) is 1. The summed E-state index contributed by atoms with van der Waals surface area (Å²) in [4.78, 5) is 10.3. The van der Waals surface area contributed by atoms with Gasteiger partial charge in [-0.1, -0.05) is 6.92 Å². The third-order valence-electron chi connectivity index (χ3n) is 2.69. The molecule has 0 spiro atoms. The van der Waals surface area contributed by atoms with Gasteiger partial charge in [0, 0.05) is 6.42 Å². The highest BCUT2D eigenvalue weighted by Gasteiger charge is 2.21. The number of aliphatic carboxylic acids is 1. The van der Waals surface area contributed by atoms with Crippen molar-refractivity contribution in [3.8, 4) is 0 Å². The summed E-state index contributed by atoms with van der Waals surface area (Å²) in [5.41, 5.74) is 0.